The first-order valence-electron chi connectivity index (χ1n) is 5.98. The number of aromatic amines is 1. The molecule has 19 heavy (non-hydrogen) atoms. The fraction of sp³-hybridized carbons (Fsp3) is 0.455. The number of nitrogens with two attached hydrogens (primary N) is 1. The van der Waals surface area contributed by atoms with E-state index in [9.17, 15) is 4.79 Å². The first-order valence-corrected chi connectivity index (χ1v) is 6.39. The average molecular weight is 280 g/mol. The van der Waals surface area contributed by atoms with Gasteiger partial charge in [-0.3, -0.25) is 0 Å². The lowest BCUT2D eigenvalue weighted by Crippen LogP contribution is -2.35. The van der Waals surface area contributed by atoms with Gasteiger partial charge in [-0.2, -0.15) is 9.61 Å². The maximum atomic E-state index is 11.5. The van der Waals surface area contributed by atoms with E-state index in [1.165, 1.54) is 4.52 Å². The Labute approximate surface area is 115 Å². The number of anilines is 1. The molecule has 3 N–H and O–H groups in total. The molecule has 0 atom stereocenters. The van der Waals surface area contributed by atoms with E-state index in [4.69, 9.17) is 18.0 Å². The van der Waals surface area contributed by atoms with Crippen molar-refractivity contribution >= 4 is 28.7 Å². The molecule has 102 valence electrons. The van der Waals surface area contributed by atoms with Gasteiger partial charge in [0.2, 0.25) is 0 Å². The maximum Gasteiger partial charge on any atom is 0.364 e. The minimum Gasteiger partial charge on any atom is -0.393 e. The predicted octanol–water partition coefficient (Wildman–Crippen LogP) is 0.309. The van der Waals surface area contributed by atoms with Crippen LogP contribution in [0.15, 0.2) is 16.9 Å². The van der Waals surface area contributed by atoms with Crippen LogP contribution < -0.4 is 16.3 Å². The average Bonchev–Trinajstić information content (AvgIpc) is 2.70. The van der Waals surface area contributed by atoms with Gasteiger partial charge in [-0.05, 0) is 26.0 Å². The van der Waals surface area contributed by atoms with Crippen LogP contribution in [0.1, 0.15) is 20.3 Å². The summed E-state index contributed by atoms with van der Waals surface area (Å²) in [7, 11) is 0. The summed E-state index contributed by atoms with van der Waals surface area (Å²) in [4.78, 5) is 14.0. The molecular weight excluding hydrogens is 264 g/mol. The molecule has 7 nitrogen and oxygen atoms in total. The van der Waals surface area contributed by atoms with Crippen molar-refractivity contribution in [3.05, 3.63) is 22.6 Å². The molecule has 0 fully saturated rings. The van der Waals surface area contributed by atoms with E-state index in [2.05, 4.69) is 15.3 Å². The van der Waals surface area contributed by atoms with Gasteiger partial charge in [-0.25, -0.2) is 9.89 Å². The number of nitrogens with one attached hydrogen (secondary N) is 1. The quantitative estimate of drug-likeness (QED) is 0.766. The predicted molar refractivity (Wildman–Crippen MR) is 77.5 cm³/mol. The van der Waals surface area contributed by atoms with Crippen LogP contribution in [0.3, 0.4) is 0 Å². The number of hydrogen-bond donors (Lipinski definition) is 2. The van der Waals surface area contributed by atoms with Crippen LogP contribution >= 0.6 is 12.2 Å². The largest absolute Gasteiger partial charge is 0.393 e. The molecule has 0 spiro atoms. The summed E-state index contributed by atoms with van der Waals surface area (Å²) in [5.74, 6) is 0.697. The number of fused-ring (bicyclic) bond motifs is 1. The molecule has 0 amide bonds. The van der Waals surface area contributed by atoms with E-state index in [1.807, 2.05) is 24.8 Å². The molecule has 2 heterocycles. The highest BCUT2D eigenvalue weighted by molar-refractivity contribution is 7.80. The highest BCUT2D eigenvalue weighted by atomic mass is 32.1. The van der Waals surface area contributed by atoms with Gasteiger partial charge in [0.25, 0.3) is 0 Å². The Kier molecular flexibility index (Phi) is 3.79. The third kappa shape index (κ3) is 2.90. The second kappa shape index (κ2) is 5.35. The number of aromatic nitrogens is 4. The Morgan fingerprint density at radius 3 is 2.95 bits per heavy atom. The number of H-pyrrole nitrogens is 1. The Bertz CT molecular complexity index is 646. The molecule has 0 aliphatic heterocycles. The highest BCUT2D eigenvalue weighted by Crippen LogP contribution is 2.14. The number of rotatable bonds is 5. The van der Waals surface area contributed by atoms with Crippen molar-refractivity contribution in [2.24, 2.45) is 5.73 Å². The fourth-order valence-corrected chi connectivity index (χ4v) is 1.91. The minimum atomic E-state index is -0.352. The van der Waals surface area contributed by atoms with Crippen LogP contribution in [-0.2, 0) is 0 Å². The lowest BCUT2D eigenvalue weighted by atomic mass is 10.2. The van der Waals surface area contributed by atoms with Crippen LogP contribution in [-0.4, -0.2) is 37.4 Å². The topological polar surface area (TPSA) is 92.3 Å². The molecule has 8 heteroatoms. The number of thiocarbonyl (C=S) groups is 1. The Morgan fingerprint density at radius 2 is 2.32 bits per heavy atom. The lowest BCUT2D eigenvalue weighted by Gasteiger charge is -2.27. The molecule has 2 rings (SSSR count). The first kappa shape index (κ1) is 13.5. The molecular formula is C11H16N6OS. The van der Waals surface area contributed by atoms with Gasteiger partial charge in [0.15, 0.2) is 5.65 Å². The number of hydrogen-bond acceptors (Lipinski definition) is 5. The summed E-state index contributed by atoms with van der Waals surface area (Å²) in [6, 6.07) is 3.80. The van der Waals surface area contributed by atoms with E-state index < -0.39 is 0 Å². The van der Waals surface area contributed by atoms with Gasteiger partial charge in [-0.15, -0.1) is 5.10 Å². The lowest BCUT2D eigenvalue weighted by molar-refractivity contribution is 0.668. The van der Waals surface area contributed by atoms with Gasteiger partial charge in [0, 0.05) is 19.0 Å². The van der Waals surface area contributed by atoms with E-state index in [0.717, 1.165) is 0 Å². The first-order chi connectivity index (χ1) is 8.99. The summed E-state index contributed by atoms with van der Waals surface area (Å²) >= 11 is 4.89. The molecule has 0 radical (unpaired) electrons. The third-order valence-electron chi connectivity index (χ3n) is 2.78. The smallest absolute Gasteiger partial charge is 0.364 e. The molecule has 0 aliphatic rings. The Morgan fingerprint density at radius 1 is 1.58 bits per heavy atom. The molecule has 0 bridgehead atoms. The van der Waals surface area contributed by atoms with Crippen molar-refractivity contribution in [2.45, 2.75) is 26.3 Å². The number of nitrogens with zero attached hydrogens (tertiary/aromatic N) is 4. The van der Waals surface area contributed by atoms with Crippen LogP contribution in [0.2, 0.25) is 0 Å². The molecule has 0 saturated carbocycles. The Hall–Kier alpha value is -1.96. The van der Waals surface area contributed by atoms with Gasteiger partial charge >= 0.3 is 5.69 Å². The Balaban J connectivity index is 2.35. The summed E-state index contributed by atoms with van der Waals surface area (Å²) in [6.07, 6.45) is 0.605. The summed E-state index contributed by atoms with van der Waals surface area (Å²) in [5.41, 5.74) is 5.67. The van der Waals surface area contributed by atoms with Crippen LogP contribution in [0.25, 0.3) is 5.65 Å². The summed E-state index contributed by atoms with van der Waals surface area (Å²) < 4.78 is 1.24. The van der Waals surface area contributed by atoms with Crippen molar-refractivity contribution in [1.82, 2.24) is 19.8 Å². The molecule has 2 aromatic rings. The van der Waals surface area contributed by atoms with Crippen LogP contribution in [0.4, 0.5) is 5.82 Å². The van der Waals surface area contributed by atoms with Gasteiger partial charge in [0.1, 0.15) is 5.82 Å². The van der Waals surface area contributed by atoms with Crippen molar-refractivity contribution in [3.8, 4) is 0 Å². The van der Waals surface area contributed by atoms with Gasteiger partial charge < -0.3 is 10.6 Å². The zero-order chi connectivity index (χ0) is 14.0. The van der Waals surface area contributed by atoms with Crippen LogP contribution in [0, 0.1) is 0 Å². The SMILES string of the molecule is CC(C)N(CCC(N)=S)c1ccc2n[nH]c(=O)n2n1. The molecule has 0 unspecified atom stereocenters. The standard InChI is InChI=1S/C11H16N6OS/c1-7(2)16(6-5-8(12)19)10-4-3-9-13-14-11(18)17(9)15-10/h3-4,7H,5-6H2,1-2H3,(H2,12,19)(H,14,18). The second-order valence-electron chi connectivity index (χ2n) is 4.49. The molecule has 2 aromatic heterocycles. The van der Waals surface area contributed by atoms with Gasteiger partial charge in [-0.1, -0.05) is 12.2 Å². The molecule has 0 saturated heterocycles. The van der Waals surface area contributed by atoms with Crippen molar-refractivity contribution in [2.75, 3.05) is 11.4 Å². The summed E-state index contributed by atoms with van der Waals surface area (Å²) in [5, 5.41) is 10.5. The summed E-state index contributed by atoms with van der Waals surface area (Å²) in [6.45, 7) is 4.76. The zero-order valence-electron chi connectivity index (χ0n) is 10.8. The van der Waals surface area contributed by atoms with E-state index >= 15 is 0 Å². The highest BCUT2D eigenvalue weighted by Gasteiger charge is 2.14. The molecule has 0 aromatic carbocycles. The monoisotopic (exact) mass is 280 g/mol. The normalized spacial score (nSPS) is 11.1. The maximum absolute atomic E-state index is 11.5. The van der Waals surface area contributed by atoms with Crippen LogP contribution in [0.5, 0.6) is 0 Å². The fourth-order valence-electron chi connectivity index (χ4n) is 1.81. The van der Waals surface area contributed by atoms with Gasteiger partial charge in [0.05, 0.1) is 4.99 Å². The van der Waals surface area contributed by atoms with Crippen molar-refractivity contribution in [3.63, 3.8) is 0 Å². The van der Waals surface area contributed by atoms with E-state index in [-0.39, 0.29) is 11.7 Å². The van der Waals surface area contributed by atoms with Crippen molar-refractivity contribution in [1.29, 1.82) is 0 Å². The van der Waals surface area contributed by atoms with Crippen molar-refractivity contribution < 1.29 is 0 Å². The second-order valence-corrected chi connectivity index (χ2v) is 5.02. The minimum absolute atomic E-state index is 0.224. The van der Waals surface area contributed by atoms with E-state index in [1.54, 1.807) is 6.07 Å². The zero-order valence-corrected chi connectivity index (χ0v) is 11.6. The third-order valence-corrected chi connectivity index (χ3v) is 2.98. The molecule has 0 aliphatic carbocycles. The van der Waals surface area contributed by atoms with E-state index in [0.29, 0.717) is 29.4 Å².